The third kappa shape index (κ3) is 3.27. The number of hydrogen-bond acceptors (Lipinski definition) is 4. The van der Waals surface area contributed by atoms with Crippen molar-refractivity contribution in [3.05, 3.63) is 46.4 Å². The molecule has 1 aromatic heterocycles. The first-order valence-corrected chi connectivity index (χ1v) is 9.80. The van der Waals surface area contributed by atoms with Crippen LogP contribution in [0.25, 0.3) is 0 Å². The van der Waals surface area contributed by atoms with Crippen molar-refractivity contribution in [2.75, 3.05) is 19.7 Å². The molecular formula is C16H18FNO3S2. The Bertz CT molecular complexity index is 775. The quantitative estimate of drug-likeness (QED) is 0.825. The molecule has 1 fully saturated rings. The summed E-state index contributed by atoms with van der Waals surface area (Å²) in [5.41, 5.74) is 0. The molecule has 0 radical (unpaired) electrons. The van der Waals surface area contributed by atoms with Gasteiger partial charge in [0.1, 0.15) is 0 Å². The molecule has 2 heterocycles. The van der Waals surface area contributed by atoms with E-state index < -0.39 is 15.8 Å². The van der Waals surface area contributed by atoms with Crippen molar-refractivity contribution in [2.45, 2.75) is 24.2 Å². The van der Waals surface area contributed by atoms with Crippen molar-refractivity contribution in [1.29, 1.82) is 0 Å². The first kappa shape index (κ1) is 16.4. The Morgan fingerprint density at radius 3 is 2.87 bits per heavy atom. The van der Waals surface area contributed by atoms with Gasteiger partial charge in [-0.3, -0.25) is 0 Å². The summed E-state index contributed by atoms with van der Waals surface area (Å²) >= 11 is 1.64. The minimum absolute atomic E-state index is 0.0229. The van der Waals surface area contributed by atoms with Gasteiger partial charge < -0.3 is 4.74 Å². The number of halogens is 1. The second-order valence-corrected chi connectivity index (χ2v) is 8.31. The molecule has 0 aliphatic carbocycles. The summed E-state index contributed by atoms with van der Waals surface area (Å²) in [4.78, 5) is 1.17. The van der Waals surface area contributed by atoms with E-state index in [1.54, 1.807) is 18.3 Å². The molecule has 7 heteroatoms. The maximum absolute atomic E-state index is 13.9. The van der Waals surface area contributed by atoms with Crippen LogP contribution in [-0.4, -0.2) is 32.4 Å². The van der Waals surface area contributed by atoms with Crippen LogP contribution in [0.4, 0.5) is 4.39 Å². The van der Waals surface area contributed by atoms with Gasteiger partial charge in [-0.15, -0.1) is 11.3 Å². The smallest absolute Gasteiger partial charge is 0.243 e. The second kappa shape index (κ2) is 6.59. The fourth-order valence-corrected chi connectivity index (χ4v) is 5.13. The van der Waals surface area contributed by atoms with Gasteiger partial charge in [-0.25, -0.2) is 12.8 Å². The van der Waals surface area contributed by atoms with E-state index in [4.69, 9.17) is 4.74 Å². The molecule has 1 unspecified atom stereocenters. The summed E-state index contributed by atoms with van der Waals surface area (Å²) in [6, 6.07) is 7.82. The highest BCUT2D eigenvalue weighted by molar-refractivity contribution is 7.89. The highest BCUT2D eigenvalue weighted by Crippen LogP contribution is 2.33. The summed E-state index contributed by atoms with van der Waals surface area (Å²) in [7, 11) is -3.67. The van der Waals surface area contributed by atoms with E-state index in [-0.39, 0.29) is 16.6 Å². The van der Waals surface area contributed by atoms with Crippen LogP contribution in [0.5, 0.6) is 5.75 Å². The molecule has 0 bridgehead atoms. The van der Waals surface area contributed by atoms with Gasteiger partial charge in [-0.2, -0.15) is 4.31 Å². The van der Waals surface area contributed by atoms with Gasteiger partial charge in [0.05, 0.1) is 11.5 Å². The van der Waals surface area contributed by atoms with Gasteiger partial charge in [0.15, 0.2) is 11.6 Å². The Morgan fingerprint density at radius 2 is 2.22 bits per heavy atom. The molecule has 0 amide bonds. The molecule has 23 heavy (non-hydrogen) atoms. The predicted molar refractivity (Wildman–Crippen MR) is 88.0 cm³/mol. The maximum atomic E-state index is 13.9. The van der Waals surface area contributed by atoms with E-state index in [2.05, 4.69) is 0 Å². The van der Waals surface area contributed by atoms with Gasteiger partial charge in [-0.05, 0) is 43.0 Å². The fourth-order valence-electron chi connectivity index (χ4n) is 2.77. The van der Waals surface area contributed by atoms with E-state index in [1.807, 2.05) is 17.5 Å². The van der Waals surface area contributed by atoms with Gasteiger partial charge in [-0.1, -0.05) is 6.07 Å². The van der Waals surface area contributed by atoms with Gasteiger partial charge in [0.2, 0.25) is 10.0 Å². The average Bonchev–Trinajstić information content (AvgIpc) is 3.20. The van der Waals surface area contributed by atoms with E-state index >= 15 is 0 Å². The fraction of sp³-hybridized carbons (Fsp3) is 0.375. The summed E-state index contributed by atoms with van der Waals surface area (Å²) in [6.07, 6.45) is 0.791. The Morgan fingerprint density at radius 1 is 1.39 bits per heavy atom. The van der Waals surface area contributed by atoms with Crippen molar-refractivity contribution in [3.63, 3.8) is 0 Å². The number of ether oxygens (including phenoxy) is 1. The van der Waals surface area contributed by atoms with E-state index in [1.165, 1.54) is 21.3 Å². The first-order valence-electron chi connectivity index (χ1n) is 7.48. The number of rotatable bonds is 5. The minimum atomic E-state index is -3.67. The number of nitrogens with zero attached hydrogens (tertiary/aromatic N) is 1. The van der Waals surface area contributed by atoms with Crippen LogP contribution in [0.3, 0.4) is 0 Å². The molecule has 124 valence electrons. The molecule has 1 aliphatic rings. The minimum Gasteiger partial charge on any atom is -0.491 e. The monoisotopic (exact) mass is 355 g/mol. The van der Waals surface area contributed by atoms with E-state index in [9.17, 15) is 12.8 Å². The lowest BCUT2D eigenvalue weighted by molar-refractivity contribution is 0.321. The van der Waals surface area contributed by atoms with Crippen LogP contribution < -0.4 is 4.74 Å². The third-order valence-corrected chi connectivity index (χ3v) is 6.83. The highest BCUT2D eigenvalue weighted by atomic mass is 32.2. The molecule has 1 aromatic carbocycles. The molecule has 1 atom stereocenters. The molecule has 3 rings (SSSR count). The van der Waals surface area contributed by atoms with Crippen LogP contribution in [0.1, 0.15) is 24.1 Å². The van der Waals surface area contributed by atoms with Gasteiger partial charge >= 0.3 is 0 Å². The van der Waals surface area contributed by atoms with Crippen LogP contribution in [-0.2, 0) is 10.0 Å². The first-order chi connectivity index (χ1) is 11.0. The zero-order valence-corrected chi connectivity index (χ0v) is 14.4. The standard InChI is InChI=1S/C16H18FNO3S2/c1-2-21-15-6-5-13(10-14(15)17)23(19,20)18-8-7-12(11-18)16-4-3-9-22-16/h3-6,9-10,12H,2,7-8,11H2,1H3. The molecule has 2 aromatic rings. The SMILES string of the molecule is CCOc1ccc(S(=O)(=O)N2CCC(c3cccs3)C2)cc1F. The Labute approximate surface area is 139 Å². The molecule has 4 nitrogen and oxygen atoms in total. The summed E-state index contributed by atoms with van der Waals surface area (Å²) < 4.78 is 45.9. The van der Waals surface area contributed by atoms with E-state index in [0.717, 1.165) is 12.5 Å². The van der Waals surface area contributed by atoms with Crippen molar-refractivity contribution >= 4 is 21.4 Å². The Kier molecular flexibility index (Phi) is 4.70. The van der Waals surface area contributed by atoms with Crippen molar-refractivity contribution in [2.24, 2.45) is 0 Å². The lowest BCUT2D eigenvalue weighted by atomic mass is 10.1. The topological polar surface area (TPSA) is 46.6 Å². The van der Waals surface area contributed by atoms with Crippen molar-refractivity contribution < 1.29 is 17.5 Å². The zero-order chi connectivity index (χ0) is 16.4. The normalized spacial score (nSPS) is 19.1. The Hall–Kier alpha value is -1.44. The summed E-state index contributed by atoms with van der Waals surface area (Å²) in [5.74, 6) is -0.358. The summed E-state index contributed by atoms with van der Waals surface area (Å²) in [5, 5.41) is 1.99. The van der Waals surface area contributed by atoms with Crippen molar-refractivity contribution in [3.8, 4) is 5.75 Å². The molecule has 0 saturated carbocycles. The number of sulfonamides is 1. The van der Waals surface area contributed by atoms with E-state index in [0.29, 0.717) is 19.7 Å². The predicted octanol–water partition coefficient (Wildman–Crippen LogP) is 3.46. The maximum Gasteiger partial charge on any atom is 0.243 e. The van der Waals surface area contributed by atoms with Gasteiger partial charge in [0.25, 0.3) is 0 Å². The molecular weight excluding hydrogens is 337 g/mol. The molecule has 0 N–H and O–H groups in total. The average molecular weight is 355 g/mol. The second-order valence-electron chi connectivity index (χ2n) is 5.39. The largest absolute Gasteiger partial charge is 0.491 e. The van der Waals surface area contributed by atoms with Crippen LogP contribution in [0, 0.1) is 5.82 Å². The lowest BCUT2D eigenvalue weighted by Gasteiger charge is -2.17. The van der Waals surface area contributed by atoms with Crippen LogP contribution >= 0.6 is 11.3 Å². The highest BCUT2D eigenvalue weighted by Gasteiger charge is 2.34. The third-order valence-electron chi connectivity index (χ3n) is 3.94. The molecule has 0 spiro atoms. The van der Waals surface area contributed by atoms with Crippen LogP contribution in [0.2, 0.25) is 0 Å². The van der Waals surface area contributed by atoms with Crippen LogP contribution in [0.15, 0.2) is 40.6 Å². The Balaban J connectivity index is 1.81. The lowest BCUT2D eigenvalue weighted by Crippen LogP contribution is -2.28. The summed E-state index contributed by atoms with van der Waals surface area (Å²) in [6.45, 7) is 2.98. The zero-order valence-electron chi connectivity index (χ0n) is 12.7. The molecule has 1 saturated heterocycles. The van der Waals surface area contributed by atoms with Gasteiger partial charge in [0, 0.05) is 23.9 Å². The number of thiophene rings is 1. The van der Waals surface area contributed by atoms with Crippen molar-refractivity contribution in [1.82, 2.24) is 4.31 Å². The number of benzene rings is 1. The molecule has 1 aliphatic heterocycles. The number of hydrogen-bond donors (Lipinski definition) is 0.